The van der Waals surface area contributed by atoms with Gasteiger partial charge in [-0.2, -0.15) is 13.2 Å². The molecule has 1 aromatic heterocycles. The summed E-state index contributed by atoms with van der Waals surface area (Å²) in [4.78, 5) is 31.1. The van der Waals surface area contributed by atoms with E-state index in [1.54, 1.807) is 48.7 Å². The van der Waals surface area contributed by atoms with E-state index in [0.717, 1.165) is 12.1 Å². The zero-order valence-electron chi connectivity index (χ0n) is 16.6. The second-order valence-electron chi connectivity index (χ2n) is 7.27. The molecule has 1 aliphatic heterocycles. The van der Waals surface area contributed by atoms with E-state index in [0.29, 0.717) is 11.1 Å². The van der Waals surface area contributed by atoms with Gasteiger partial charge in [-0.05, 0) is 29.3 Å². The van der Waals surface area contributed by atoms with E-state index in [4.69, 9.17) is 0 Å². The quantitative estimate of drug-likeness (QED) is 0.364. The molecule has 1 aliphatic rings. The lowest BCUT2D eigenvalue weighted by Gasteiger charge is -2.25. The van der Waals surface area contributed by atoms with Crippen LogP contribution in [0.2, 0.25) is 0 Å². The number of rotatable bonds is 4. The van der Waals surface area contributed by atoms with Crippen molar-refractivity contribution < 1.29 is 27.9 Å². The largest absolute Gasteiger partial charge is 0.507 e. The lowest BCUT2D eigenvalue weighted by molar-refractivity contribution is -0.140. The van der Waals surface area contributed by atoms with Crippen molar-refractivity contribution in [2.75, 3.05) is 0 Å². The Morgan fingerprint density at radius 2 is 1.66 bits per heavy atom. The smallest absolute Gasteiger partial charge is 0.416 e. The third-order valence-corrected chi connectivity index (χ3v) is 5.22. The van der Waals surface area contributed by atoms with E-state index in [-0.39, 0.29) is 23.4 Å². The van der Waals surface area contributed by atoms with Gasteiger partial charge in [0, 0.05) is 24.5 Å². The van der Waals surface area contributed by atoms with Crippen molar-refractivity contribution in [2.45, 2.75) is 18.8 Å². The number of pyridine rings is 1. The molecule has 0 bridgehead atoms. The molecule has 1 saturated heterocycles. The van der Waals surface area contributed by atoms with Gasteiger partial charge in [0.2, 0.25) is 0 Å². The Bertz CT molecular complexity index is 1170. The van der Waals surface area contributed by atoms with Gasteiger partial charge in [0.15, 0.2) is 0 Å². The van der Waals surface area contributed by atoms with Gasteiger partial charge < -0.3 is 10.0 Å². The van der Waals surface area contributed by atoms with Crippen LogP contribution >= 0.6 is 0 Å². The second-order valence-corrected chi connectivity index (χ2v) is 7.27. The highest BCUT2D eigenvalue weighted by Gasteiger charge is 2.46. The predicted octanol–water partition coefficient (Wildman–Crippen LogP) is 4.72. The van der Waals surface area contributed by atoms with Crippen molar-refractivity contribution in [3.63, 3.8) is 0 Å². The topological polar surface area (TPSA) is 70.5 Å². The molecular weight excluding hydrogens is 421 g/mol. The van der Waals surface area contributed by atoms with Crippen LogP contribution < -0.4 is 0 Å². The number of carbonyl (C=O) groups excluding carboxylic acids is 2. The summed E-state index contributed by atoms with van der Waals surface area (Å²) < 4.78 is 39.1. The normalized spacial score (nSPS) is 18.2. The number of aromatic nitrogens is 1. The maximum Gasteiger partial charge on any atom is 0.416 e. The summed E-state index contributed by atoms with van der Waals surface area (Å²) in [5.74, 6) is -2.14. The summed E-state index contributed by atoms with van der Waals surface area (Å²) in [6.07, 6.45) is -1.44. The summed E-state index contributed by atoms with van der Waals surface area (Å²) in [6, 6.07) is 14.7. The van der Waals surface area contributed by atoms with E-state index in [1.807, 2.05) is 0 Å². The van der Waals surface area contributed by atoms with Crippen LogP contribution in [-0.2, 0) is 22.3 Å². The van der Waals surface area contributed by atoms with E-state index in [1.165, 1.54) is 23.2 Å². The number of nitrogens with zero attached hydrogens (tertiary/aromatic N) is 2. The van der Waals surface area contributed by atoms with Crippen LogP contribution in [0.25, 0.3) is 5.76 Å². The molecular formula is C24H17F3N2O3. The lowest BCUT2D eigenvalue weighted by atomic mass is 9.94. The predicted molar refractivity (Wildman–Crippen MR) is 110 cm³/mol. The Morgan fingerprint density at radius 3 is 2.25 bits per heavy atom. The monoisotopic (exact) mass is 438 g/mol. The second kappa shape index (κ2) is 8.30. The molecule has 162 valence electrons. The molecule has 1 N–H and O–H groups in total. The number of hydrogen-bond donors (Lipinski definition) is 1. The molecule has 5 nitrogen and oxygen atoms in total. The van der Waals surface area contributed by atoms with Crippen LogP contribution in [-0.4, -0.2) is 26.7 Å². The van der Waals surface area contributed by atoms with Crippen molar-refractivity contribution in [2.24, 2.45) is 0 Å². The van der Waals surface area contributed by atoms with E-state index < -0.39 is 29.5 Å². The molecule has 32 heavy (non-hydrogen) atoms. The number of alkyl halides is 3. The van der Waals surface area contributed by atoms with Gasteiger partial charge in [0.05, 0.1) is 17.2 Å². The molecule has 1 amide bonds. The SMILES string of the molecule is O=C1C(=O)N(Cc2cccnc2)C(c2ccc(C(F)(F)F)cc2)C1=C(O)c1ccccc1. The number of likely N-dealkylation sites (tertiary alicyclic amines) is 1. The number of aliphatic hydroxyl groups is 1. The molecule has 8 heteroatoms. The summed E-state index contributed by atoms with van der Waals surface area (Å²) >= 11 is 0. The Balaban J connectivity index is 1.85. The molecule has 4 rings (SSSR count). The number of aliphatic hydroxyl groups excluding tert-OH is 1. The van der Waals surface area contributed by atoms with E-state index in [2.05, 4.69) is 4.98 Å². The van der Waals surface area contributed by atoms with Gasteiger partial charge in [-0.1, -0.05) is 48.5 Å². The number of Topliss-reactive ketones (excluding diaryl/α,β-unsaturated/α-hetero) is 1. The van der Waals surface area contributed by atoms with Crippen LogP contribution in [0.4, 0.5) is 13.2 Å². The van der Waals surface area contributed by atoms with Crippen molar-refractivity contribution in [1.82, 2.24) is 9.88 Å². The van der Waals surface area contributed by atoms with Crippen LogP contribution in [0.5, 0.6) is 0 Å². The van der Waals surface area contributed by atoms with Gasteiger partial charge in [-0.25, -0.2) is 0 Å². The highest BCUT2D eigenvalue weighted by molar-refractivity contribution is 6.46. The van der Waals surface area contributed by atoms with Gasteiger partial charge in [0.1, 0.15) is 5.76 Å². The number of amides is 1. The van der Waals surface area contributed by atoms with Gasteiger partial charge in [0.25, 0.3) is 11.7 Å². The first-order valence-electron chi connectivity index (χ1n) is 9.67. The number of ketones is 1. The molecule has 2 aromatic carbocycles. The highest BCUT2D eigenvalue weighted by atomic mass is 19.4. The molecule has 1 atom stereocenters. The Kier molecular flexibility index (Phi) is 5.52. The average molecular weight is 438 g/mol. The molecule has 0 spiro atoms. The summed E-state index contributed by atoms with van der Waals surface area (Å²) in [6.45, 7) is -0.00429. The minimum Gasteiger partial charge on any atom is -0.507 e. The zero-order chi connectivity index (χ0) is 22.9. The van der Waals surface area contributed by atoms with E-state index >= 15 is 0 Å². The fourth-order valence-electron chi connectivity index (χ4n) is 3.68. The number of halogens is 3. The third-order valence-electron chi connectivity index (χ3n) is 5.22. The molecule has 3 aromatic rings. The fourth-order valence-corrected chi connectivity index (χ4v) is 3.68. The number of hydrogen-bond acceptors (Lipinski definition) is 4. The van der Waals surface area contributed by atoms with Crippen molar-refractivity contribution in [3.05, 3.63) is 107 Å². The standard InChI is InChI=1S/C24H17F3N2O3/c25-24(26,27)18-10-8-16(9-11-18)20-19(21(30)17-6-2-1-3-7-17)22(31)23(32)29(20)14-15-5-4-12-28-13-15/h1-13,20,30H,14H2. The van der Waals surface area contributed by atoms with Gasteiger partial charge in [-0.3, -0.25) is 14.6 Å². The maximum atomic E-state index is 13.0. The van der Waals surface area contributed by atoms with Crippen LogP contribution in [0, 0.1) is 0 Å². The van der Waals surface area contributed by atoms with Crippen LogP contribution in [0.1, 0.15) is 28.3 Å². The highest BCUT2D eigenvalue weighted by Crippen LogP contribution is 2.41. The molecule has 2 heterocycles. The first-order chi connectivity index (χ1) is 15.3. The first kappa shape index (κ1) is 21.3. The molecule has 1 unspecified atom stereocenters. The fraction of sp³-hybridized carbons (Fsp3) is 0.125. The summed E-state index contributed by atoms with van der Waals surface area (Å²) in [5, 5.41) is 10.9. The minimum atomic E-state index is -4.53. The molecule has 0 aliphatic carbocycles. The van der Waals surface area contributed by atoms with Crippen molar-refractivity contribution >= 4 is 17.4 Å². The van der Waals surface area contributed by atoms with Crippen LogP contribution in [0.3, 0.4) is 0 Å². The van der Waals surface area contributed by atoms with Gasteiger partial charge >= 0.3 is 6.18 Å². The Hall–Kier alpha value is -3.94. The first-order valence-corrected chi connectivity index (χ1v) is 9.67. The van der Waals surface area contributed by atoms with Crippen molar-refractivity contribution in [1.29, 1.82) is 0 Å². The molecule has 0 saturated carbocycles. The number of carbonyl (C=O) groups is 2. The maximum absolute atomic E-state index is 13.0. The van der Waals surface area contributed by atoms with E-state index in [9.17, 15) is 27.9 Å². The summed E-state index contributed by atoms with van der Waals surface area (Å²) in [7, 11) is 0. The zero-order valence-corrected chi connectivity index (χ0v) is 16.6. The minimum absolute atomic E-state index is 0.00429. The Morgan fingerprint density at radius 1 is 0.969 bits per heavy atom. The third kappa shape index (κ3) is 3.99. The Labute approximate surface area is 181 Å². The summed E-state index contributed by atoms with van der Waals surface area (Å²) in [5.41, 5.74) is 0.201. The van der Waals surface area contributed by atoms with Gasteiger partial charge in [-0.15, -0.1) is 0 Å². The average Bonchev–Trinajstić information content (AvgIpc) is 3.04. The lowest BCUT2D eigenvalue weighted by Crippen LogP contribution is -2.29. The molecule has 1 fully saturated rings. The number of benzene rings is 2. The van der Waals surface area contributed by atoms with Crippen LogP contribution in [0.15, 0.2) is 84.7 Å². The molecule has 0 radical (unpaired) electrons. The van der Waals surface area contributed by atoms with Crippen molar-refractivity contribution in [3.8, 4) is 0 Å².